The van der Waals surface area contributed by atoms with Crippen molar-refractivity contribution in [2.75, 3.05) is 0 Å². The molecule has 0 radical (unpaired) electrons. The topological polar surface area (TPSA) is 0 Å². The molecule has 0 heterocycles. The van der Waals surface area contributed by atoms with Crippen molar-refractivity contribution >= 4 is 0 Å². The Balaban J connectivity index is 1.64. The van der Waals surface area contributed by atoms with Gasteiger partial charge in [-0.3, -0.25) is 0 Å². The van der Waals surface area contributed by atoms with Crippen LogP contribution >= 0.6 is 0 Å². The van der Waals surface area contributed by atoms with E-state index in [1.165, 1.54) is 44.5 Å². The maximum atomic E-state index is 2.42. The molecule has 0 bridgehead atoms. The number of aryl methyl sites for hydroxylation is 2. The van der Waals surface area contributed by atoms with Crippen LogP contribution in [0.5, 0.6) is 0 Å². The standard InChI is InChI=1S/C24H24/c1-3-17-11-18(4-2)13-20(12-17)14-19-9-10-24-22(15-19)16-21-7-5-6-8-23(21)24/h5-13,15H,3-4,14,16H2,1-2H3. The molecule has 120 valence electrons. The zero-order valence-electron chi connectivity index (χ0n) is 14.6. The number of benzene rings is 3. The Hall–Kier alpha value is -2.34. The third-order valence-electron chi connectivity index (χ3n) is 5.20. The summed E-state index contributed by atoms with van der Waals surface area (Å²) in [5.74, 6) is 0. The van der Waals surface area contributed by atoms with Crippen LogP contribution in [0.15, 0.2) is 60.7 Å². The molecule has 0 spiro atoms. The van der Waals surface area contributed by atoms with Gasteiger partial charge in [-0.1, -0.05) is 74.5 Å². The molecule has 0 unspecified atom stereocenters. The molecule has 3 aromatic rings. The highest BCUT2D eigenvalue weighted by molar-refractivity contribution is 5.77. The van der Waals surface area contributed by atoms with Gasteiger partial charge in [-0.25, -0.2) is 0 Å². The van der Waals surface area contributed by atoms with E-state index < -0.39 is 0 Å². The Labute approximate surface area is 145 Å². The predicted octanol–water partition coefficient (Wildman–Crippen LogP) is 5.97. The van der Waals surface area contributed by atoms with Crippen molar-refractivity contribution < 1.29 is 0 Å². The average Bonchev–Trinajstić information content (AvgIpc) is 2.99. The quantitative estimate of drug-likeness (QED) is 0.435. The van der Waals surface area contributed by atoms with Crippen molar-refractivity contribution in [1.82, 2.24) is 0 Å². The Bertz CT molecular complexity index is 864. The first-order valence-corrected chi connectivity index (χ1v) is 9.08. The molecule has 0 N–H and O–H groups in total. The summed E-state index contributed by atoms with van der Waals surface area (Å²) in [6, 6.07) is 22.9. The maximum absolute atomic E-state index is 2.42. The summed E-state index contributed by atoms with van der Waals surface area (Å²) in [4.78, 5) is 0. The molecular weight excluding hydrogens is 288 g/mol. The van der Waals surface area contributed by atoms with E-state index in [1.54, 1.807) is 0 Å². The van der Waals surface area contributed by atoms with E-state index in [4.69, 9.17) is 0 Å². The first kappa shape index (κ1) is 15.2. The third-order valence-corrected chi connectivity index (χ3v) is 5.20. The van der Waals surface area contributed by atoms with Crippen LogP contribution in [0.25, 0.3) is 11.1 Å². The highest BCUT2D eigenvalue weighted by Gasteiger charge is 2.17. The van der Waals surface area contributed by atoms with Crippen LogP contribution in [0.3, 0.4) is 0 Å². The fourth-order valence-electron chi connectivity index (χ4n) is 3.89. The fourth-order valence-corrected chi connectivity index (χ4v) is 3.89. The molecule has 0 fully saturated rings. The van der Waals surface area contributed by atoms with Gasteiger partial charge in [0.1, 0.15) is 0 Å². The lowest BCUT2D eigenvalue weighted by atomic mass is 9.96. The minimum atomic E-state index is 1.03. The number of hydrogen-bond acceptors (Lipinski definition) is 0. The van der Waals surface area contributed by atoms with Gasteiger partial charge >= 0.3 is 0 Å². The van der Waals surface area contributed by atoms with Crippen LogP contribution < -0.4 is 0 Å². The molecule has 0 heteroatoms. The molecule has 0 aliphatic heterocycles. The number of fused-ring (bicyclic) bond motifs is 3. The van der Waals surface area contributed by atoms with E-state index in [-0.39, 0.29) is 0 Å². The summed E-state index contributed by atoms with van der Waals surface area (Å²) in [6.45, 7) is 4.48. The predicted molar refractivity (Wildman–Crippen MR) is 103 cm³/mol. The summed E-state index contributed by atoms with van der Waals surface area (Å²) in [6.07, 6.45) is 4.33. The third kappa shape index (κ3) is 2.78. The molecule has 0 atom stereocenters. The molecule has 0 amide bonds. The average molecular weight is 312 g/mol. The van der Waals surface area contributed by atoms with Crippen LogP contribution in [0.4, 0.5) is 0 Å². The first-order valence-electron chi connectivity index (χ1n) is 9.08. The molecule has 24 heavy (non-hydrogen) atoms. The lowest BCUT2D eigenvalue weighted by Crippen LogP contribution is -1.95. The molecule has 3 aromatic carbocycles. The van der Waals surface area contributed by atoms with E-state index in [2.05, 4.69) is 74.5 Å². The molecule has 4 rings (SSSR count). The Kier molecular flexibility index (Phi) is 3.98. The summed E-state index contributed by atoms with van der Waals surface area (Å²) >= 11 is 0. The molecule has 0 aromatic heterocycles. The highest BCUT2D eigenvalue weighted by atomic mass is 14.2. The molecule has 1 aliphatic carbocycles. The first-order chi connectivity index (χ1) is 11.8. The normalized spacial score (nSPS) is 12.1. The smallest absolute Gasteiger partial charge is 0.00134 e. The minimum Gasteiger partial charge on any atom is -0.0619 e. The van der Waals surface area contributed by atoms with Gasteiger partial charge in [0, 0.05) is 0 Å². The van der Waals surface area contributed by atoms with Crippen molar-refractivity contribution in [2.24, 2.45) is 0 Å². The van der Waals surface area contributed by atoms with E-state index in [0.29, 0.717) is 0 Å². The van der Waals surface area contributed by atoms with Crippen LogP contribution in [0, 0.1) is 0 Å². The second-order valence-electron chi connectivity index (χ2n) is 6.87. The number of hydrogen-bond donors (Lipinski definition) is 0. The van der Waals surface area contributed by atoms with Crippen LogP contribution in [-0.4, -0.2) is 0 Å². The van der Waals surface area contributed by atoms with Crippen molar-refractivity contribution in [2.45, 2.75) is 39.5 Å². The zero-order chi connectivity index (χ0) is 16.5. The van der Waals surface area contributed by atoms with Gasteiger partial charge in [0.2, 0.25) is 0 Å². The fraction of sp³-hybridized carbons (Fsp3) is 0.250. The Morgan fingerprint density at radius 2 is 1.29 bits per heavy atom. The zero-order valence-corrected chi connectivity index (χ0v) is 14.6. The van der Waals surface area contributed by atoms with Crippen LogP contribution in [0.1, 0.15) is 47.2 Å². The second kappa shape index (κ2) is 6.28. The second-order valence-corrected chi connectivity index (χ2v) is 6.87. The summed E-state index contributed by atoms with van der Waals surface area (Å²) in [7, 11) is 0. The van der Waals surface area contributed by atoms with Crippen LogP contribution in [0.2, 0.25) is 0 Å². The van der Waals surface area contributed by atoms with Gasteiger partial charge < -0.3 is 0 Å². The van der Waals surface area contributed by atoms with Gasteiger partial charge in [0.25, 0.3) is 0 Å². The van der Waals surface area contributed by atoms with Crippen LogP contribution in [-0.2, 0) is 25.7 Å². The van der Waals surface area contributed by atoms with E-state index in [1.807, 2.05) is 0 Å². The van der Waals surface area contributed by atoms with E-state index in [0.717, 1.165) is 25.7 Å². The molecule has 0 saturated carbocycles. The van der Waals surface area contributed by atoms with Crippen molar-refractivity contribution in [1.29, 1.82) is 0 Å². The summed E-state index contributed by atoms with van der Waals surface area (Å²) < 4.78 is 0. The van der Waals surface area contributed by atoms with Gasteiger partial charge in [-0.2, -0.15) is 0 Å². The summed E-state index contributed by atoms with van der Waals surface area (Å²) in [5.41, 5.74) is 11.6. The lowest BCUT2D eigenvalue weighted by molar-refractivity contribution is 1.05. The monoisotopic (exact) mass is 312 g/mol. The lowest BCUT2D eigenvalue weighted by Gasteiger charge is -2.09. The molecule has 1 aliphatic rings. The SMILES string of the molecule is CCc1cc(CC)cc(Cc2ccc3c(c2)Cc2ccccc2-3)c1. The largest absolute Gasteiger partial charge is 0.0619 e. The molecule has 0 saturated heterocycles. The van der Waals surface area contributed by atoms with Crippen molar-refractivity contribution in [3.05, 3.63) is 94.0 Å². The van der Waals surface area contributed by atoms with E-state index in [9.17, 15) is 0 Å². The van der Waals surface area contributed by atoms with Gasteiger partial charge in [0.15, 0.2) is 0 Å². The Morgan fingerprint density at radius 3 is 2.04 bits per heavy atom. The summed E-state index contributed by atoms with van der Waals surface area (Å²) in [5, 5.41) is 0. The van der Waals surface area contributed by atoms with Crippen molar-refractivity contribution in [3.8, 4) is 11.1 Å². The molecular formula is C24H24. The highest BCUT2D eigenvalue weighted by Crippen LogP contribution is 2.37. The van der Waals surface area contributed by atoms with Gasteiger partial charge in [0.05, 0.1) is 0 Å². The Morgan fingerprint density at radius 1 is 0.625 bits per heavy atom. The molecule has 0 nitrogen and oxygen atoms in total. The number of rotatable bonds is 4. The van der Waals surface area contributed by atoms with Gasteiger partial charge in [-0.15, -0.1) is 0 Å². The van der Waals surface area contributed by atoms with Gasteiger partial charge in [-0.05, 0) is 70.2 Å². The van der Waals surface area contributed by atoms with Crippen molar-refractivity contribution in [3.63, 3.8) is 0 Å². The maximum Gasteiger partial charge on any atom is -0.00134 e. The minimum absolute atomic E-state index is 1.03. The van der Waals surface area contributed by atoms with E-state index >= 15 is 0 Å².